The van der Waals surface area contributed by atoms with E-state index in [1.54, 1.807) is 10.7 Å². The SMILES string of the molecule is CCNC(=O)CNc1nccn2nc(C(C)(C)C)cc12. The van der Waals surface area contributed by atoms with E-state index >= 15 is 0 Å². The molecule has 0 bridgehead atoms. The fourth-order valence-electron chi connectivity index (χ4n) is 1.85. The van der Waals surface area contributed by atoms with Gasteiger partial charge in [0.25, 0.3) is 0 Å². The number of amides is 1. The molecule has 2 aromatic heterocycles. The predicted molar refractivity (Wildman–Crippen MR) is 78.9 cm³/mol. The number of nitrogens with zero attached hydrogens (tertiary/aromatic N) is 3. The van der Waals surface area contributed by atoms with Crippen LogP contribution in [0.25, 0.3) is 5.52 Å². The lowest BCUT2D eigenvalue weighted by atomic mass is 9.92. The lowest BCUT2D eigenvalue weighted by molar-refractivity contribution is -0.119. The van der Waals surface area contributed by atoms with Crippen molar-refractivity contribution >= 4 is 17.2 Å². The van der Waals surface area contributed by atoms with Gasteiger partial charge in [-0.2, -0.15) is 5.10 Å². The van der Waals surface area contributed by atoms with E-state index in [-0.39, 0.29) is 17.9 Å². The van der Waals surface area contributed by atoms with E-state index < -0.39 is 0 Å². The maximum absolute atomic E-state index is 11.5. The van der Waals surface area contributed by atoms with Gasteiger partial charge < -0.3 is 10.6 Å². The van der Waals surface area contributed by atoms with Crippen LogP contribution < -0.4 is 10.6 Å². The van der Waals surface area contributed by atoms with Crippen molar-refractivity contribution in [3.05, 3.63) is 24.2 Å². The molecule has 0 unspecified atom stereocenters. The van der Waals surface area contributed by atoms with Crippen molar-refractivity contribution in [3.8, 4) is 0 Å². The molecule has 6 nitrogen and oxygen atoms in total. The molecule has 0 spiro atoms. The Hall–Kier alpha value is -2.11. The van der Waals surface area contributed by atoms with Gasteiger partial charge in [-0.3, -0.25) is 4.79 Å². The number of nitrogens with one attached hydrogen (secondary N) is 2. The van der Waals surface area contributed by atoms with Crippen molar-refractivity contribution in [2.75, 3.05) is 18.4 Å². The Morgan fingerprint density at radius 3 is 2.80 bits per heavy atom. The minimum atomic E-state index is -0.0492. The number of fused-ring (bicyclic) bond motifs is 1. The molecule has 0 fully saturated rings. The quantitative estimate of drug-likeness (QED) is 0.888. The maximum Gasteiger partial charge on any atom is 0.239 e. The first-order valence-electron chi connectivity index (χ1n) is 6.77. The van der Waals surface area contributed by atoms with Crippen LogP contribution in [-0.4, -0.2) is 33.6 Å². The summed E-state index contributed by atoms with van der Waals surface area (Å²) in [5, 5.41) is 10.3. The summed E-state index contributed by atoms with van der Waals surface area (Å²) >= 11 is 0. The number of carbonyl (C=O) groups excluding carboxylic acids is 1. The monoisotopic (exact) mass is 275 g/mol. The maximum atomic E-state index is 11.5. The van der Waals surface area contributed by atoms with Gasteiger partial charge in [0.1, 0.15) is 5.52 Å². The first-order valence-corrected chi connectivity index (χ1v) is 6.77. The zero-order chi connectivity index (χ0) is 14.8. The molecule has 0 saturated heterocycles. The fourth-order valence-corrected chi connectivity index (χ4v) is 1.85. The summed E-state index contributed by atoms with van der Waals surface area (Å²) in [5.41, 5.74) is 1.84. The molecule has 108 valence electrons. The molecule has 0 aliphatic carbocycles. The second-order valence-electron chi connectivity index (χ2n) is 5.69. The van der Waals surface area contributed by atoms with E-state index in [1.807, 2.05) is 19.2 Å². The lowest BCUT2D eigenvalue weighted by Crippen LogP contribution is -2.29. The highest BCUT2D eigenvalue weighted by atomic mass is 16.1. The highest BCUT2D eigenvalue weighted by Gasteiger charge is 2.19. The largest absolute Gasteiger partial charge is 0.359 e. The van der Waals surface area contributed by atoms with E-state index in [1.165, 1.54) is 0 Å². The average Bonchev–Trinajstić information content (AvgIpc) is 2.81. The third-order valence-electron chi connectivity index (χ3n) is 2.95. The number of anilines is 1. The minimum absolute atomic E-state index is 0.0249. The zero-order valence-corrected chi connectivity index (χ0v) is 12.4. The van der Waals surface area contributed by atoms with Crippen molar-refractivity contribution in [1.82, 2.24) is 19.9 Å². The number of rotatable bonds is 4. The standard InChI is InChI=1S/C14H21N5O/c1-5-15-12(20)9-17-13-10-8-11(14(2,3)4)18-19(10)7-6-16-13/h6-8H,5,9H2,1-4H3,(H,15,20)(H,16,17). The van der Waals surface area contributed by atoms with Crippen molar-refractivity contribution in [1.29, 1.82) is 0 Å². The third kappa shape index (κ3) is 3.07. The van der Waals surface area contributed by atoms with Crippen LogP contribution in [0.2, 0.25) is 0 Å². The molecule has 0 saturated carbocycles. The number of carbonyl (C=O) groups is 1. The zero-order valence-electron chi connectivity index (χ0n) is 12.4. The number of aromatic nitrogens is 3. The van der Waals surface area contributed by atoms with Gasteiger partial charge in [0.05, 0.1) is 12.2 Å². The third-order valence-corrected chi connectivity index (χ3v) is 2.95. The fraction of sp³-hybridized carbons (Fsp3) is 0.500. The normalized spacial score (nSPS) is 11.6. The lowest BCUT2D eigenvalue weighted by Gasteiger charge is -2.13. The second kappa shape index (κ2) is 5.48. The van der Waals surface area contributed by atoms with Crippen LogP contribution in [0.4, 0.5) is 5.82 Å². The Labute approximate surface area is 118 Å². The predicted octanol–water partition coefficient (Wildman–Crippen LogP) is 1.57. The summed E-state index contributed by atoms with van der Waals surface area (Å²) in [7, 11) is 0. The van der Waals surface area contributed by atoms with Crippen LogP contribution >= 0.6 is 0 Å². The molecular formula is C14H21N5O. The van der Waals surface area contributed by atoms with E-state index in [9.17, 15) is 4.79 Å². The van der Waals surface area contributed by atoms with Crippen LogP contribution in [0.1, 0.15) is 33.4 Å². The topological polar surface area (TPSA) is 71.3 Å². The molecule has 2 heterocycles. The summed E-state index contributed by atoms with van der Waals surface area (Å²) in [4.78, 5) is 15.8. The molecular weight excluding hydrogens is 254 g/mol. The summed E-state index contributed by atoms with van der Waals surface area (Å²) in [6.45, 7) is 9.07. The molecule has 6 heteroatoms. The molecule has 2 N–H and O–H groups in total. The number of likely N-dealkylation sites (N-methyl/N-ethyl adjacent to an activating group) is 1. The van der Waals surface area contributed by atoms with Gasteiger partial charge >= 0.3 is 0 Å². The smallest absolute Gasteiger partial charge is 0.239 e. The van der Waals surface area contributed by atoms with Crippen LogP contribution in [0.3, 0.4) is 0 Å². The first kappa shape index (κ1) is 14.3. The van der Waals surface area contributed by atoms with Gasteiger partial charge in [0.2, 0.25) is 5.91 Å². The Morgan fingerprint density at radius 2 is 2.15 bits per heavy atom. The Balaban J connectivity index is 2.25. The molecule has 0 radical (unpaired) electrons. The van der Waals surface area contributed by atoms with E-state index in [4.69, 9.17) is 0 Å². The van der Waals surface area contributed by atoms with Gasteiger partial charge in [-0.1, -0.05) is 20.8 Å². The minimum Gasteiger partial charge on any atom is -0.359 e. The summed E-state index contributed by atoms with van der Waals surface area (Å²) in [5.74, 6) is 0.619. The first-order chi connectivity index (χ1) is 9.41. The number of hydrogen-bond acceptors (Lipinski definition) is 4. The van der Waals surface area contributed by atoms with Crippen molar-refractivity contribution in [2.24, 2.45) is 0 Å². The van der Waals surface area contributed by atoms with Gasteiger partial charge in [-0.25, -0.2) is 9.50 Å². The molecule has 0 aromatic carbocycles. The highest BCUT2D eigenvalue weighted by Crippen LogP contribution is 2.24. The Bertz CT molecular complexity index is 612. The van der Waals surface area contributed by atoms with Crippen LogP contribution in [0.15, 0.2) is 18.5 Å². The Morgan fingerprint density at radius 1 is 1.40 bits per heavy atom. The van der Waals surface area contributed by atoms with Gasteiger partial charge in [-0.05, 0) is 13.0 Å². The molecule has 2 rings (SSSR count). The van der Waals surface area contributed by atoms with E-state index in [0.29, 0.717) is 12.4 Å². The van der Waals surface area contributed by atoms with Crippen molar-refractivity contribution in [3.63, 3.8) is 0 Å². The highest BCUT2D eigenvalue weighted by molar-refractivity contribution is 5.82. The average molecular weight is 275 g/mol. The second-order valence-corrected chi connectivity index (χ2v) is 5.69. The van der Waals surface area contributed by atoms with Gasteiger partial charge in [-0.15, -0.1) is 0 Å². The van der Waals surface area contributed by atoms with Crippen molar-refractivity contribution in [2.45, 2.75) is 33.1 Å². The molecule has 0 aliphatic rings. The van der Waals surface area contributed by atoms with Crippen LogP contribution in [0.5, 0.6) is 0 Å². The molecule has 0 aliphatic heterocycles. The van der Waals surface area contributed by atoms with E-state index in [0.717, 1.165) is 11.2 Å². The van der Waals surface area contributed by atoms with Gasteiger partial charge in [0.15, 0.2) is 5.82 Å². The van der Waals surface area contributed by atoms with Gasteiger partial charge in [0, 0.05) is 24.4 Å². The number of hydrogen-bond donors (Lipinski definition) is 2. The van der Waals surface area contributed by atoms with E-state index in [2.05, 4.69) is 41.5 Å². The summed E-state index contributed by atoms with van der Waals surface area (Å²) < 4.78 is 1.79. The Kier molecular flexibility index (Phi) is 3.92. The molecule has 0 atom stereocenters. The summed E-state index contributed by atoms with van der Waals surface area (Å²) in [6.07, 6.45) is 3.48. The van der Waals surface area contributed by atoms with Crippen LogP contribution in [0, 0.1) is 0 Å². The molecule has 20 heavy (non-hydrogen) atoms. The van der Waals surface area contributed by atoms with Crippen LogP contribution in [-0.2, 0) is 10.2 Å². The van der Waals surface area contributed by atoms with Crippen molar-refractivity contribution < 1.29 is 4.79 Å². The molecule has 2 aromatic rings. The molecule has 1 amide bonds. The summed E-state index contributed by atoms with van der Waals surface area (Å²) in [6, 6.07) is 2.01.